The topological polar surface area (TPSA) is 69.3 Å². The molecule has 0 saturated carbocycles. The van der Waals surface area contributed by atoms with E-state index in [9.17, 15) is 22.4 Å². The second-order valence-electron chi connectivity index (χ2n) is 6.83. The van der Waals surface area contributed by atoms with Gasteiger partial charge in [-0.05, 0) is 29.8 Å². The Bertz CT molecular complexity index is 1280. The van der Waals surface area contributed by atoms with Crippen LogP contribution in [-0.2, 0) is 13.2 Å². The summed E-state index contributed by atoms with van der Waals surface area (Å²) in [6.07, 6.45) is 1.67. The number of carbonyl (C=O) groups is 1. The van der Waals surface area contributed by atoms with E-state index in [1.165, 1.54) is 12.1 Å². The van der Waals surface area contributed by atoms with Gasteiger partial charge in [0.15, 0.2) is 29.0 Å². The molecule has 0 spiro atoms. The van der Waals surface area contributed by atoms with E-state index in [0.717, 1.165) is 5.56 Å². The third-order valence-corrected chi connectivity index (χ3v) is 4.71. The second-order valence-corrected chi connectivity index (χ2v) is 7.27. The number of anilines is 1. The van der Waals surface area contributed by atoms with Crippen molar-refractivity contribution in [1.29, 1.82) is 0 Å². The van der Waals surface area contributed by atoms with Crippen LogP contribution in [0.2, 0.25) is 5.02 Å². The molecule has 0 unspecified atom stereocenters. The Kier molecular flexibility index (Phi) is 6.36. The van der Waals surface area contributed by atoms with E-state index in [-0.39, 0.29) is 23.4 Å². The fraction of sp³-hybridized carbons (Fsp3) is 0.0909. The number of hydrogen-bond acceptors (Lipinski definition) is 4. The summed E-state index contributed by atoms with van der Waals surface area (Å²) in [4.78, 5) is 12.4. The minimum absolute atomic E-state index is 0.00288. The third kappa shape index (κ3) is 5.17. The number of benzene rings is 2. The zero-order valence-electron chi connectivity index (χ0n) is 16.6. The number of hydrogen-bond donors (Lipinski definition) is 1. The molecule has 0 bridgehead atoms. The monoisotopic (exact) mass is 479 g/mol. The highest BCUT2D eigenvalue weighted by atomic mass is 35.5. The average molecular weight is 480 g/mol. The maximum Gasteiger partial charge on any atom is 0.292 e. The Balaban J connectivity index is 1.37. The third-order valence-electron chi connectivity index (χ3n) is 4.46. The van der Waals surface area contributed by atoms with Crippen LogP contribution in [0.4, 0.5) is 23.4 Å². The lowest BCUT2D eigenvalue weighted by Gasteiger charge is -2.08. The number of amides is 1. The lowest BCUT2D eigenvalue weighted by atomic mass is 10.2. The van der Waals surface area contributed by atoms with E-state index < -0.39 is 41.5 Å². The van der Waals surface area contributed by atoms with Crippen LogP contribution in [0.25, 0.3) is 0 Å². The Hall–Kier alpha value is -3.79. The van der Waals surface area contributed by atoms with Gasteiger partial charge in [-0.25, -0.2) is 8.78 Å². The number of halogens is 5. The van der Waals surface area contributed by atoms with Gasteiger partial charge in [-0.2, -0.15) is 13.9 Å². The minimum Gasteiger partial charge on any atom is -0.479 e. The molecule has 11 heteroatoms. The number of carbonyl (C=O) groups excluding carboxylic acids is 1. The van der Waals surface area contributed by atoms with Crippen LogP contribution in [0, 0.1) is 23.3 Å². The van der Waals surface area contributed by atoms with Gasteiger partial charge in [-0.1, -0.05) is 23.7 Å². The summed E-state index contributed by atoms with van der Waals surface area (Å²) in [6, 6.07) is 11.5. The van der Waals surface area contributed by atoms with Gasteiger partial charge in [0.25, 0.3) is 5.91 Å². The van der Waals surface area contributed by atoms with E-state index in [2.05, 4.69) is 10.4 Å². The molecule has 4 aromatic rings. The van der Waals surface area contributed by atoms with E-state index >= 15 is 0 Å². The molecule has 1 N–H and O–H groups in total. The number of aromatic nitrogens is 2. The van der Waals surface area contributed by atoms with Crippen molar-refractivity contribution in [3.8, 4) is 5.75 Å². The van der Waals surface area contributed by atoms with Gasteiger partial charge in [0.2, 0.25) is 11.6 Å². The first-order valence-corrected chi connectivity index (χ1v) is 9.81. The van der Waals surface area contributed by atoms with E-state index in [0.29, 0.717) is 11.6 Å². The van der Waals surface area contributed by atoms with Crippen molar-refractivity contribution < 1.29 is 31.5 Å². The van der Waals surface area contributed by atoms with Gasteiger partial charge in [0, 0.05) is 23.4 Å². The van der Waals surface area contributed by atoms with Gasteiger partial charge in [0.1, 0.15) is 12.4 Å². The largest absolute Gasteiger partial charge is 0.479 e. The predicted octanol–water partition coefficient (Wildman–Crippen LogP) is 5.57. The lowest BCUT2D eigenvalue weighted by molar-refractivity contribution is 0.0991. The van der Waals surface area contributed by atoms with Crippen molar-refractivity contribution in [2.24, 2.45) is 0 Å². The number of nitrogens with zero attached hydrogens (tertiary/aromatic N) is 2. The van der Waals surface area contributed by atoms with E-state index in [1.54, 1.807) is 29.1 Å². The van der Waals surface area contributed by atoms with Crippen LogP contribution in [0.15, 0.2) is 59.1 Å². The van der Waals surface area contributed by atoms with Gasteiger partial charge >= 0.3 is 0 Å². The quantitative estimate of drug-likeness (QED) is 0.278. The number of furan rings is 1. The lowest BCUT2D eigenvalue weighted by Crippen LogP contribution is -2.12. The van der Waals surface area contributed by atoms with Gasteiger partial charge in [0.05, 0.1) is 6.54 Å². The van der Waals surface area contributed by atoms with Crippen molar-refractivity contribution in [2.45, 2.75) is 13.2 Å². The second kappa shape index (κ2) is 9.37. The van der Waals surface area contributed by atoms with Crippen LogP contribution < -0.4 is 10.1 Å². The molecule has 0 aliphatic rings. The smallest absolute Gasteiger partial charge is 0.292 e. The maximum atomic E-state index is 13.7. The van der Waals surface area contributed by atoms with Crippen molar-refractivity contribution in [3.63, 3.8) is 0 Å². The Morgan fingerprint density at radius 1 is 1.03 bits per heavy atom. The molecule has 2 aromatic heterocycles. The Morgan fingerprint density at radius 2 is 1.73 bits per heavy atom. The van der Waals surface area contributed by atoms with Gasteiger partial charge < -0.3 is 14.5 Å². The fourth-order valence-electron chi connectivity index (χ4n) is 2.87. The minimum atomic E-state index is -1.67. The molecule has 2 aromatic carbocycles. The maximum absolute atomic E-state index is 13.7. The van der Waals surface area contributed by atoms with Crippen LogP contribution in [-0.4, -0.2) is 15.7 Å². The molecular formula is C22H14ClF4N3O3. The first-order valence-electron chi connectivity index (χ1n) is 9.44. The molecule has 0 fully saturated rings. The molecule has 0 radical (unpaired) electrons. The highest BCUT2D eigenvalue weighted by Gasteiger charge is 2.21. The first-order chi connectivity index (χ1) is 15.8. The zero-order chi connectivity index (χ0) is 23.5. The Labute approximate surface area is 189 Å². The van der Waals surface area contributed by atoms with Crippen molar-refractivity contribution in [3.05, 3.63) is 100 Å². The number of ether oxygens (including phenoxy) is 1. The molecule has 0 saturated heterocycles. The van der Waals surface area contributed by atoms with E-state index in [4.69, 9.17) is 20.8 Å². The van der Waals surface area contributed by atoms with Crippen molar-refractivity contribution in [2.75, 3.05) is 5.32 Å². The fourth-order valence-corrected chi connectivity index (χ4v) is 3.00. The molecule has 0 aliphatic carbocycles. The summed E-state index contributed by atoms with van der Waals surface area (Å²) < 4.78 is 65.5. The molecule has 4 rings (SSSR count). The molecule has 6 nitrogen and oxygen atoms in total. The summed E-state index contributed by atoms with van der Waals surface area (Å²) in [7, 11) is 0. The number of nitrogens with one attached hydrogen (secondary N) is 1. The van der Waals surface area contributed by atoms with Crippen LogP contribution in [0.5, 0.6) is 5.75 Å². The van der Waals surface area contributed by atoms with Crippen LogP contribution >= 0.6 is 11.6 Å². The van der Waals surface area contributed by atoms with E-state index in [1.807, 2.05) is 12.1 Å². The van der Waals surface area contributed by atoms with Gasteiger partial charge in [-0.15, -0.1) is 0 Å². The molecular weight excluding hydrogens is 466 g/mol. The normalized spacial score (nSPS) is 10.9. The molecule has 0 atom stereocenters. The van der Waals surface area contributed by atoms with Gasteiger partial charge in [-0.3, -0.25) is 9.48 Å². The predicted molar refractivity (Wildman–Crippen MR) is 110 cm³/mol. The number of rotatable bonds is 7. The van der Waals surface area contributed by atoms with Crippen molar-refractivity contribution in [1.82, 2.24) is 9.78 Å². The molecule has 1 amide bonds. The SMILES string of the molecule is O=C(Nc1ccn(Cc2ccc(Cl)cc2)n1)c1ccc(COc2c(F)c(F)cc(F)c2F)o1. The van der Waals surface area contributed by atoms with Crippen molar-refractivity contribution >= 4 is 23.3 Å². The molecule has 0 aliphatic heterocycles. The van der Waals surface area contributed by atoms with Crippen LogP contribution in [0.3, 0.4) is 0 Å². The summed E-state index contributed by atoms with van der Waals surface area (Å²) in [5.41, 5.74) is 0.960. The van der Waals surface area contributed by atoms with Crippen LogP contribution in [0.1, 0.15) is 21.9 Å². The molecule has 33 heavy (non-hydrogen) atoms. The molecule has 2 heterocycles. The summed E-state index contributed by atoms with van der Waals surface area (Å²) >= 11 is 5.86. The highest BCUT2D eigenvalue weighted by molar-refractivity contribution is 6.30. The standard InChI is InChI=1S/C22H14ClF4N3O3/c23-13-3-1-12(2-4-13)10-30-8-7-18(29-30)28-22(31)17-6-5-14(33-17)11-32-21-19(26)15(24)9-16(25)20(21)27/h1-9H,10-11H2,(H,28,29,31). The Morgan fingerprint density at radius 3 is 2.42 bits per heavy atom. The average Bonchev–Trinajstić information content (AvgIpc) is 3.44. The zero-order valence-corrected chi connectivity index (χ0v) is 17.4. The molecule has 170 valence electrons. The first kappa shape index (κ1) is 22.4. The summed E-state index contributed by atoms with van der Waals surface area (Å²) in [5.74, 6) is -8.27. The highest BCUT2D eigenvalue weighted by Crippen LogP contribution is 2.27. The summed E-state index contributed by atoms with van der Waals surface area (Å²) in [6.45, 7) is -0.108. The summed E-state index contributed by atoms with van der Waals surface area (Å²) in [5, 5.41) is 7.41.